The molecule has 0 radical (unpaired) electrons. The van der Waals surface area contributed by atoms with E-state index in [1.54, 1.807) is 18.2 Å². The molecule has 1 heterocycles. The molecule has 0 aliphatic carbocycles. The van der Waals surface area contributed by atoms with Gasteiger partial charge in [-0.3, -0.25) is 0 Å². The van der Waals surface area contributed by atoms with E-state index in [1.807, 2.05) is 6.92 Å². The highest BCUT2D eigenvalue weighted by atomic mass is 32.2. The third-order valence-electron chi connectivity index (χ3n) is 2.50. The van der Waals surface area contributed by atoms with Gasteiger partial charge in [-0.25, -0.2) is 10.8 Å². The average molecular weight is 293 g/mol. The van der Waals surface area contributed by atoms with Crippen molar-refractivity contribution in [2.75, 3.05) is 16.3 Å². The second-order valence-corrected chi connectivity index (χ2v) is 5.70. The van der Waals surface area contributed by atoms with Crippen molar-refractivity contribution in [2.24, 2.45) is 5.84 Å². The van der Waals surface area contributed by atoms with Crippen LogP contribution in [0.5, 0.6) is 0 Å². The molecule has 0 saturated heterocycles. The van der Waals surface area contributed by atoms with Gasteiger partial charge in [-0.1, -0.05) is 18.2 Å². The molecule has 0 amide bonds. The van der Waals surface area contributed by atoms with Gasteiger partial charge in [0.05, 0.1) is 4.90 Å². The standard InChI is InChI=1S/C12H15N5O2S/c1-2-14-12-15-9-8-11(16-12)17(13)20(18,19)10-6-4-3-5-7-10/h3-9H,2,13H2,1H3,(H,14,15,16). The summed E-state index contributed by atoms with van der Waals surface area (Å²) in [6, 6.07) is 9.37. The molecular weight excluding hydrogens is 278 g/mol. The van der Waals surface area contributed by atoms with Gasteiger partial charge in [0.25, 0.3) is 10.0 Å². The van der Waals surface area contributed by atoms with Crippen molar-refractivity contribution < 1.29 is 8.42 Å². The predicted octanol–water partition coefficient (Wildman–Crippen LogP) is 0.977. The first-order chi connectivity index (χ1) is 9.55. The van der Waals surface area contributed by atoms with E-state index in [2.05, 4.69) is 15.3 Å². The van der Waals surface area contributed by atoms with E-state index in [9.17, 15) is 8.42 Å². The van der Waals surface area contributed by atoms with Gasteiger partial charge in [0.15, 0.2) is 5.82 Å². The highest BCUT2D eigenvalue weighted by Crippen LogP contribution is 2.18. The van der Waals surface area contributed by atoms with Crippen molar-refractivity contribution in [1.29, 1.82) is 0 Å². The Labute approximate surface area is 117 Å². The van der Waals surface area contributed by atoms with Gasteiger partial charge >= 0.3 is 0 Å². The Balaban J connectivity index is 2.36. The second-order valence-electron chi connectivity index (χ2n) is 3.88. The lowest BCUT2D eigenvalue weighted by molar-refractivity contribution is 0.591. The Morgan fingerprint density at radius 2 is 1.95 bits per heavy atom. The van der Waals surface area contributed by atoms with Crippen LogP contribution in [0.25, 0.3) is 0 Å². The maximum Gasteiger partial charge on any atom is 0.278 e. The van der Waals surface area contributed by atoms with E-state index >= 15 is 0 Å². The van der Waals surface area contributed by atoms with Gasteiger partial charge in [0, 0.05) is 18.8 Å². The third-order valence-corrected chi connectivity index (χ3v) is 4.07. The van der Waals surface area contributed by atoms with Crippen LogP contribution < -0.4 is 15.6 Å². The Kier molecular flexibility index (Phi) is 4.16. The summed E-state index contributed by atoms with van der Waals surface area (Å²) in [7, 11) is -3.83. The summed E-state index contributed by atoms with van der Waals surface area (Å²) < 4.78 is 25.3. The minimum Gasteiger partial charge on any atom is -0.354 e. The van der Waals surface area contributed by atoms with E-state index in [1.165, 1.54) is 24.4 Å². The molecule has 2 rings (SSSR count). The van der Waals surface area contributed by atoms with Gasteiger partial charge < -0.3 is 5.32 Å². The summed E-state index contributed by atoms with van der Waals surface area (Å²) in [4.78, 5) is 8.12. The molecule has 1 aromatic carbocycles. The largest absolute Gasteiger partial charge is 0.354 e. The third kappa shape index (κ3) is 2.86. The number of hydrogen-bond acceptors (Lipinski definition) is 6. The number of nitrogens with zero attached hydrogens (tertiary/aromatic N) is 3. The molecule has 8 heteroatoms. The maximum atomic E-state index is 12.3. The summed E-state index contributed by atoms with van der Waals surface area (Å²) in [6.45, 7) is 2.51. The average Bonchev–Trinajstić information content (AvgIpc) is 2.48. The highest BCUT2D eigenvalue weighted by Gasteiger charge is 2.23. The topological polar surface area (TPSA) is 101 Å². The first-order valence-corrected chi connectivity index (χ1v) is 7.41. The first-order valence-electron chi connectivity index (χ1n) is 5.97. The fraction of sp³-hybridized carbons (Fsp3) is 0.167. The molecule has 3 N–H and O–H groups in total. The van der Waals surface area contributed by atoms with Crippen LogP contribution in [-0.4, -0.2) is 24.9 Å². The summed E-state index contributed by atoms with van der Waals surface area (Å²) >= 11 is 0. The number of rotatable bonds is 5. The van der Waals surface area contributed by atoms with E-state index in [4.69, 9.17) is 5.84 Å². The molecule has 0 saturated carbocycles. The van der Waals surface area contributed by atoms with Crippen LogP contribution >= 0.6 is 0 Å². The Morgan fingerprint density at radius 1 is 1.25 bits per heavy atom. The lowest BCUT2D eigenvalue weighted by Crippen LogP contribution is -2.38. The van der Waals surface area contributed by atoms with E-state index in [0.717, 1.165) is 0 Å². The zero-order valence-electron chi connectivity index (χ0n) is 10.9. The number of sulfonamides is 1. The number of aromatic nitrogens is 2. The van der Waals surface area contributed by atoms with Crippen molar-refractivity contribution in [3.63, 3.8) is 0 Å². The number of hydrogen-bond donors (Lipinski definition) is 2. The quantitative estimate of drug-likeness (QED) is 0.629. The van der Waals surface area contributed by atoms with Crippen molar-refractivity contribution in [3.8, 4) is 0 Å². The lowest BCUT2D eigenvalue weighted by Gasteiger charge is -2.17. The van der Waals surface area contributed by atoms with Gasteiger partial charge in [0.1, 0.15) is 0 Å². The SMILES string of the molecule is CCNc1nccc(N(N)S(=O)(=O)c2ccccc2)n1. The zero-order chi connectivity index (χ0) is 14.6. The fourth-order valence-corrected chi connectivity index (χ4v) is 2.62. The van der Waals surface area contributed by atoms with Crippen LogP contribution in [0.3, 0.4) is 0 Å². The molecular formula is C12H15N5O2S. The number of benzene rings is 1. The summed E-state index contributed by atoms with van der Waals surface area (Å²) in [5, 5.41) is 2.89. The van der Waals surface area contributed by atoms with Crippen molar-refractivity contribution >= 4 is 21.8 Å². The Hall–Kier alpha value is -2.19. The first kappa shape index (κ1) is 14.2. The van der Waals surface area contributed by atoms with Gasteiger partial charge in [0.2, 0.25) is 5.95 Å². The molecule has 106 valence electrons. The molecule has 0 atom stereocenters. The van der Waals surface area contributed by atoms with E-state index in [0.29, 0.717) is 16.9 Å². The Morgan fingerprint density at radius 3 is 2.60 bits per heavy atom. The maximum absolute atomic E-state index is 12.3. The normalized spacial score (nSPS) is 11.1. The smallest absolute Gasteiger partial charge is 0.278 e. The van der Waals surface area contributed by atoms with Crippen LogP contribution in [0.2, 0.25) is 0 Å². The van der Waals surface area contributed by atoms with Crippen LogP contribution in [-0.2, 0) is 10.0 Å². The molecule has 0 unspecified atom stereocenters. The molecule has 0 bridgehead atoms. The van der Waals surface area contributed by atoms with Crippen molar-refractivity contribution in [1.82, 2.24) is 9.97 Å². The highest BCUT2D eigenvalue weighted by molar-refractivity contribution is 7.92. The van der Waals surface area contributed by atoms with E-state index < -0.39 is 10.0 Å². The van der Waals surface area contributed by atoms with Crippen LogP contribution in [0.4, 0.5) is 11.8 Å². The molecule has 0 fully saturated rings. The lowest BCUT2D eigenvalue weighted by atomic mass is 10.4. The minimum absolute atomic E-state index is 0.0970. The van der Waals surface area contributed by atoms with E-state index in [-0.39, 0.29) is 10.7 Å². The predicted molar refractivity (Wildman–Crippen MR) is 76.5 cm³/mol. The number of nitrogens with one attached hydrogen (secondary N) is 1. The minimum atomic E-state index is -3.83. The zero-order valence-corrected chi connectivity index (χ0v) is 11.7. The monoisotopic (exact) mass is 293 g/mol. The van der Waals surface area contributed by atoms with Gasteiger partial charge in [-0.2, -0.15) is 17.8 Å². The number of anilines is 2. The Bertz CT molecular complexity index is 675. The van der Waals surface area contributed by atoms with Crippen molar-refractivity contribution in [2.45, 2.75) is 11.8 Å². The molecule has 0 spiro atoms. The summed E-state index contributed by atoms with van der Waals surface area (Å²) in [5.41, 5.74) is 0. The molecule has 1 aromatic heterocycles. The van der Waals surface area contributed by atoms with Crippen LogP contribution in [0, 0.1) is 0 Å². The number of nitrogens with two attached hydrogens (primary N) is 1. The number of hydrazine groups is 1. The molecule has 0 aliphatic rings. The van der Waals surface area contributed by atoms with Gasteiger partial charge in [-0.15, -0.1) is 0 Å². The summed E-state index contributed by atoms with van der Waals surface area (Å²) in [6.07, 6.45) is 1.45. The van der Waals surface area contributed by atoms with Gasteiger partial charge in [-0.05, 0) is 19.1 Å². The fourth-order valence-electron chi connectivity index (χ4n) is 1.54. The second kappa shape index (κ2) is 5.85. The van der Waals surface area contributed by atoms with Crippen LogP contribution in [0.1, 0.15) is 6.92 Å². The summed E-state index contributed by atoms with van der Waals surface area (Å²) in [5.74, 6) is 6.12. The molecule has 20 heavy (non-hydrogen) atoms. The van der Waals surface area contributed by atoms with Crippen molar-refractivity contribution in [3.05, 3.63) is 42.6 Å². The van der Waals surface area contributed by atoms with Crippen LogP contribution in [0.15, 0.2) is 47.5 Å². The molecule has 2 aromatic rings. The molecule has 0 aliphatic heterocycles. The molecule has 7 nitrogen and oxygen atoms in total.